The molecule has 1 heterocycles. The van der Waals surface area contributed by atoms with Crippen LogP contribution in [-0.2, 0) is 12.1 Å². The van der Waals surface area contributed by atoms with Crippen LogP contribution in [0.1, 0.15) is 29.4 Å². The molecule has 3 rings (SSSR count). The summed E-state index contributed by atoms with van der Waals surface area (Å²) >= 11 is 0. The first-order chi connectivity index (χ1) is 12.0. The van der Waals surface area contributed by atoms with E-state index in [0.717, 1.165) is 22.6 Å². The minimum Gasteiger partial charge on any atom is -0.384 e. The van der Waals surface area contributed by atoms with Crippen molar-refractivity contribution in [3.63, 3.8) is 0 Å². The molecule has 0 radical (unpaired) electrons. The van der Waals surface area contributed by atoms with Crippen LogP contribution in [0.2, 0.25) is 0 Å². The lowest BCUT2D eigenvalue weighted by Crippen LogP contribution is -2.35. The summed E-state index contributed by atoms with van der Waals surface area (Å²) in [6.07, 6.45) is 0. The van der Waals surface area contributed by atoms with Gasteiger partial charge in [0.25, 0.3) is 0 Å². The first-order valence-electron chi connectivity index (χ1n) is 8.58. The average Bonchev–Trinajstić information content (AvgIpc) is 2.91. The second-order valence-electron chi connectivity index (χ2n) is 6.64. The van der Waals surface area contributed by atoms with Crippen molar-refractivity contribution >= 4 is 0 Å². The molecule has 0 bridgehead atoms. The lowest BCUT2D eigenvalue weighted by Gasteiger charge is -2.24. The normalized spacial score (nSPS) is 13.6. The molecule has 0 saturated carbocycles. The molecule has 2 N–H and O–H groups in total. The number of benzene rings is 2. The van der Waals surface area contributed by atoms with Gasteiger partial charge in [-0.25, -0.2) is 4.68 Å². The zero-order valence-electron chi connectivity index (χ0n) is 15.0. The van der Waals surface area contributed by atoms with Crippen LogP contribution in [0, 0.1) is 13.8 Å². The zero-order chi connectivity index (χ0) is 17.9. The fraction of sp³-hybridized carbons (Fsp3) is 0.286. The second kappa shape index (κ2) is 7.21. The molecule has 0 aliphatic heterocycles. The highest BCUT2D eigenvalue weighted by Gasteiger charge is 2.22. The molecule has 1 aromatic heterocycles. The van der Waals surface area contributed by atoms with E-state index >= 15 is 0 Å². The molecule has 4 nitrogen and oxygen atoms in total. The molecule has 0 saturated heterocycles. The quantitative estimate of drug-likeness (QED) is 0.725. The van der Waals surface area contributed by atoms with Crippen LogP contribution >= 0.6 is 0 Å². The van der Waals surface area contributed by atoms with Crippen LogP contribution in [0.3, 0.4) is 0 Å². The number of nitrogens with zero attached hydrogens (tertiary/aromatic N) is 2. The molecule has 0 spiro atoms. The number of aliphatic hydroxyl groups is 1. The minimum absolute atomic E-state index is 0.479. The molecule has 0 amide bonds. The van der Waals surface area contributed by atoms with Crippen molar-refractivity contribution in [2.45, 2.75) is 32.9 Å². The predicted molar refractivity (Wildman–Crippen MR) is 101 cm³/mol. The van der Waals surface area contributed by atoms with Crippen molar-refractivity contribution in [2.75, 3.05) is 6.54 Å². The number of para-hydroxylation sites is 1. The Balaban J connectivity index is 1.71. The molecule has 1 atom stereocenters. The zero-order valence-corrected chi connectivity index (χ0v) is 15.0. The highest BCUT2D eigenvalue weighted by atomic mass is 16.3. The van der Waals surface area contributed by atoms with Crippen molar-refractivity contribution in [3.8, 4) is 5.69 Å². The van der Waals surface area contributed by atoms with E-state index in [9.17, 15) is 5.11 Å². The van der Waals surface area contributed by atoms with E-state index in [1.807, 2.05) is 67.1 Å². The Morgan fingerprint density at radius 2 is 1.60 bits per heavy atom. The van der Waals surface area contributed by atoms with Crippen molar-refractivity contribution in [1.82, 2.24) is 15.1 Å². The van der Waals surface area contributed by atoms with E-state index in [1.54, 1.807) is 0 Å². The highest BCUT2D eigenvalue weighted by Crippen LogP contribution is 2.21. The number of aromatic nitrogens is 2. The number of aryl methyl sites for hydroxylation is 1. The Morgan fingerprint density at radius 1 is 1.00 bits per heavy atom. The fourth-order valence-electron chi connectivity index (χ4n) is 3.08. The van der Waals surface area contributed by atoms with Crippen LogP contribution in [0.25, 0.3) is 5.69 Å². The summed E-state index contributed by atoms with van der Waals surface area (Å²) in [4.78, 5) is 0. The Hall–Kier alpha value is -2.43. The topological polar surface area (TPSA) is 50.1 Å². The smallest absolute Gasteiger partial charge is 0.0992 e. The number of hydrogen-bond donors (Lipinski definition) is 2. The van der Waals surface area contributed by atoms with Gasteiger partial charge in [0.05, 0.1) is 17.0 Å². The minimum atomic E-state index is -0.904. The van der Waals surface area contributed by atoms with Crippen molar-refractivity contribution in [3.05, 3.63) is 83.2 Å². The summed E-state index contributed by atoms with van der Waals surface area (Å²) in [5.74, 6) is 0. The van der Waals surface area contributed by atoms with E-state index in [1.165, 1.54) is 5.56 Å². The van der Waals surface area contributed by atoms with Gasteiger partial charge in [0.1, 0.15) is 0 Å². The Bertz CT molecular complexity index is 823. The number of hydrogen-bond acceptors (Lipinski definition) is 3. The first kappa shape index (κ1) is 17.4. The third kappa shape index (κ3) is 3.81. The van der Waals surface area contributed by atoms with Gasteiger partial charge in [0, 0.05) is 24.3 Å². The first-order valence-corrected chi connectivity index (χ1v) is 8.58. The SMILES string of the molecule is Cc1nn(-c2ccccc2)c(C)c1CNCC(C)(O)c1ccccc1. The lowest BCUT2D eigenvalue weighted by molar-refractivity contribution is 0.0566. The Kier molecular flexibility index (Phi) is 5.02. The van der Waals surface area contributed by atoms with Gasteiger partial charge in [-0.05, 0) is 38.5 Å². The Morgan fingerprint density at radius 3 is 2.24 bits per heavy atom. The van der Waals surface area contributed by atoms with Crippen molar-refractivity contribution < 1.29 is 5.11 Å². The molecule has 0 aliphatic rings. The van der Waals surface area contributed by atoms with Gasteiger partial charge in [-0.3, -0.25) is 0 Å². The summed E-state index contributed by atoms with van der Waals surface area (Å²) in [6.45, 7) is 7.10. The van der Waals surface area contributed by atoms with Crippen LogP contribution in [0.5, 0.6) is 0 Å². The summed E-state index contributed by atoms with van der Waals surface area (Å²) in [5, 5.41) is 18.8. The van der Waals surface area contributed by atoms with E-state index in [4.69, 9.17) is 0 Å². The predicted octanol–water partition coefficient (Wildman–Crippen LogP) is 3.49. The molecule has 1 unspecified atom stereocenters. The molecule has 4 heteroatoms. The van der Waals surface area contributed by atoms with Gasteiger partial charge < -0.3 is 10.4 Å². The van der Waals surface area contributed by atoms with Crippen LogP contribution in [0.15, 0.2) is 60.7 Å². The van der Waals surface area contributed by atoms with Gasteiger partial charge in [0.15, 0.2) is 0 Å². The van der Waals surface area contributed by atoms with Gasteiger partial charge in [0.2, 0.25) is 0 Å². The van der Waals surface area contributed by atoms with Gasteiger partial charge in [-0.1, -0.05) is 48.5 Å². The summed E-state index contributed by atoms with van der Waals surface area (Å²) in [7, 11) is 0. The Labute approximate surface area is 149 Å². The monoisotopic (exact) mass is 335 g/mol. The largest absolute Gasteiger partial charge is 0.384 e. The molecule has 3 aromatic rings. The summed E-state index contributed by atoms with van der Waals surface area (Å²) < 4.78 is 1.97. The number of nitrogens with one attached hydrogen (secondary N) is 1. The van der Waals surface area contributed by atoms with E-state index < -0.39 is 5.60 Å². The van der Waals surface area contributed by atoms with Crippen molar-refractivity contribution in [1.29, 1.82) is 0 Å². The van der Waals surface area contributed by atoms with Crippen LogP contribution < -0.4 is 5.32 Å². The number of rotatable bonds is 6. The van der Waals surface area contributed by atoms with E-state index in [2.05, 4.69) is 29.5 Å². The maximum Gasteiger partial charge on any atom is 0.0992 e. The third-order valence-electron chi connectivity index (χ3n) is 4.61. The molecule has 130 valence electrons. The third-order valence-corrected chi connectivity index (χ3v) is 4.61. The fourth-order valence-corrected chi connectivity index (χ4v) is 3.08. The van der Waals surface area contributed by atoms with Gasteiger partial charge in [-0.2, -0.15) is 5.10 Å². The second-order valence-corrected chi connectivity index (χ2v) is 6.64. The molecule has 2 aromatic carbocycles. The molecular formula is C21H25N3O. The van der Waals surface area contributed by atoms with Crippen molar-refractivity contribution in [2.24, 2.45) is 0 Å². The van der Waals surface area contributed by atoms with Crippen LogP contribution in [-0.4, -0.2) is 21.4 Å². The van der Waals surface area contributed by atoms with E-state index in [0.29, 0.717) is 13.1 Å². The molecular weight excluding hydrogens is 310 g/mol. The summed E-state index contributed by atoms with van der Waals surface area (Å²) in [6, 6.07) is 19.9. The molecule has 0 fully saturated rings. The van der Waals surface area contributed by atoms with Gasteiger partial charge in [-0.15, -0.1) is 0 Å². The maximum absolute atomic E-state index is 10.7. The molecule has 0 aliphatic carbocycles. The highest BCUT2D eigenvalue weighted by molar-refractivity contribution is 5.36. The van der Waals surface area contributed by atoms with Gasteiger partial charge >= 0.3 is 0 Å². The average molecular weight is 335 g/mol. The standard InChI is InChI=1S/C21H25N3O/c1-16-20(17(2)24(23-16)19-12-8-5-9-13-19)14-22-15-21(3,25)18-10-6-4-7-11-18/h4-13,22,25H,14-15H2,1-3H3. The summed E-state index contributed by atoms with van der Waals surface area (Å²) in [5.41, 5.74) is 4.37. The maximum atomic E-state index is 10.7. The van der Waals surface area contributed by atoms with E-state index in [-0.39, 0.29) is 0 Å². The van der Waals surface area contributed by atoms with Crippen LogP contribution in [0.4, 0.5) is 0 Å². The lowest BCUT2D eigenvalue weighted by atomic mass is 9.96. The molecule has 25 heavy (non-hydrogen) atoms.